The van der Waals surface area contributed by atoms with Gasteiger partial charge in [0.1, 0.15) is 24.9 Å². The summed E-state index contributed by atoms with van der Waals surface area (Å²) in [5.41, 5.74) is 1.85. The SMILES string of the molecule is Cc1ccc([N+](=O)[O-])c(NC(=O)C[NH+](Cc2cccs2)C[C@@H]2CCCO2)c1C. The van der Waals surface area contributed by atoms with Crippen LogP contribution in [0.3, 0.4) is 0 Å². The van der Waals surface area contributed by atoms with Crippen LogP contribution in [-0.4, -0.2) is 36.6 Å². The minimum atomic E-state index is -0.454. The van der Waals surface area contributed by atoms with Crippen molar-refractivity contribution in [2.45, 2.75) is 39.3 Å². The van der Waals surface area contributed by atoms with Crippen LogP contribution in [0.4, 0.5) is 11.4 Å². The number of anilines is 1. The van der Waals surface area contributed by atoms with Crippen molar-refractivity contribution in [3.63, 3.8) is 0 Å². The second-order valence-electron chi connectivity index (χ2n) is 7.23. The fraction of sp³-hybridized carbons (Fsp3) is 0.450. The van der Waals surface area contributed by atoms with Gasteiger partial charge in [-0.3, -0.25) is 14.9 Å². The molecule has 0 radical (unpaired) electrons. The van der Waals surface area contributed by atoms with Crippen LogP contribution < -0.4 is 10.2 Å². The van der Waals surface area contributed by atoms with Crippen molar-refractivity contribution in [2.24, 2.45) is 0 Å². The predicted octanol–water partition coefficient (Wildman–Crippen LogP) is 2.48. The zero-order chi connectivity index (χ0) is 20.1. The number of hydrogen-bond donors (Lipinski definition) is 2. The summed E-state index contributed by atoms with van der Waals surface area (Å²) in [6.07, 6.45) is 2.23. The zero-order valence-electron chi connectivity index (χ0n) is 16.2. The smallest absolute Gasteiger partial charge is 0.293 e. The minimum Gasteiger partial charge on any atom is -0.372 e. The van der Waals surface area contributed by atoms with E-state index in [1.807, 2.05) is 18.4 Å². The molecule has 1 saturated heterocycles. The molecular formula is C20H26N3O4S+. The molecule has 2 aromatic rings. The highest BCUT2D eigenvalue weighted by molar-refractivity contribution is 7.09. The first-order chi connectivity index (χ1) is 13.4. The normalized spacial score (nSPS) is 17.4. The number of nitro benzene ring substituents is 1. The Labute approximate surface area is 168 Å². The van der Waals surface area contributed by atoms with Gasteiger partial charge in [0.25, 0.3) is 11.6 Å². The Kier molecular flexibility index (Phi) is 6.77. The maximum Gasteiger partial charge on any atom is 0.293 e. The monoisotopic (exact) mass is 404 g/mol. The molecule has 0 aliphatic carbocycles. The van der Waals surface area contributed by atoms with E-state index in [1.54, 1.807) is 24.3 Å². The zero-order valence-corrected chi connectivity index (χ0v) is 17.0. The summed E-state index contributed by atoms with van der Waals surface area (Å²) < 4.78 is 5.75. The second-order valence-corrected chi connectivity index (χ2v) is 8.26. The molecule has 1 amide bonds. The molecule has 1 aliphatic rings. The van der Waals surface area contributed by atoms with Crippen molar-refractivity contribution in [3.05, 3.63) is 55.8 Å². The van der Waals surface area contributed by atoms with Crippen molar-refractivity contribution in [2.75, 3.05) is 25.0 Å². The van der Waals surface area contributed by atoms with Gasteiger partial charge in [-0.2, -0.15) is 0 Å². The number of rotatable bonds is 8. The number of nitrogens with zero attached hydrogens (tertiary/aromatic N) is 1. The summed E-state index contributed by atoms with van der Waals surface area (Å²) in [6, 6.07) is 7.21. The van der Waals surface area contributed by atoms with Gasteiger partial charge < -0.3 is 15.0 Å². The number of nitrogens with one attached hydrogen (secondary N) is 2. The highest BCUT2D eigenvalue weighted by Crippen LogP contribution is 2.30. The Balaban J connectivity index is 1.72. The number of benzene rings is 1. The summed E-state index contributed by atoms with van der Waals surface area (Å²) >= 11 is 1.67. The number of aryl methyl sites for hydroxylation is 1. The highest BCUT2D eigenvalue weighted by Gasteiger charge is 2.26. The lowest BCUT2D eigenvalue weighted by molar-refractivity contribution is -0.908. The molecule has 0 spiro atoms. The van der Waals surface area contributed by atoms with Crippen LogP contribution in [0, 0.1) is 24.0 Å². The van der Waals surface area contributed by atoms with E-state index in [2.05, 4.69) is 11.4 Å². The number of carbonyl (C=O) groups is 1. The van der Waals surface area contributed by atoms with Gasteiger partial charge in [-0.25, -0.2) is 0 Å². The molecule has 1 unspecified atom stereocenters. The van der Waals surface area contributed by atoms with Gasteiger partial charge in [-0.05, 0) is 49.3 Å². The Hall–Kier alpha value is -2.29. The standard InChI is InChI=1S/C20H25N3O4S/c1-14-7-8-18(23(25)26)20(15(14)2)21-19(24)13-22(11-16-5-3-9-27-16)12-17-6-4-10-28-17/h4,6-8,10,16H,3,5,9,11-13H2,1-2H3,(H,21,24)/p+1/t16-/m0/s1. The van der Waals surface area contributed by atoms with E-state index in [0.717, 1.165) is 48.6 Å². The van der Waals surface area contributed by atoms with E-state index in [4.69, 9.17) is 4.74 Å². The van der Waals surface area contributed by atoms with Crippen LogP contribution >= 0.6 is 11.3 Å². The molecule has 2 heterocycles. The molecule has 150 valence electrons. The first-order valence-corrected chi connectivity index (χ1v) is 10.3. The van der Waals surface area contributed by atoms with Crippen LogP contribution in [-0.2, 0) is 16.1 Å². The van der Waals surface area contributed by atoms with Gasteiger partial charge in [-0.15, -0.1) is 11.3 Å². The van der Waals surface area contributed by atoms with Gasteiger partial charge >= 0.3 is 0 Å². The van der Waals surface area contributed by atoms with Gasteiger partial charge in [0.15, 0.2) is 6.54 Å². The van der Waals surface area contributed by atoms with Gasteiger partial charge in [0.2, 0.25) is 0 Å². The molecule has 1 fully saturated rings. The van der Waals surface area contributed by atoms with Crippen molar-refractivity contribution < 1.29 is 19.4 Å². The maximum absolute atomic E-state index is 12.8. The van der Waals surface area contributed by atoms with Gasteiger partial charge in [0.05, 0.1) is 9.80 Å². The number of hydrogen-bond acceptors (Lipinski definition) is 5. The molecule has 0 bridgehead atoms. The lowest BCUT2D eigenvalue weighted by Crippen LogP contribution is -3.12. The van der Waals surface area contributed by atoms with Crippen LogP contribution in [0.1, 0.15) is 28.8 Å². The third kappa shape index (κ3) is 5.15. The lowest BCUT2D eigenvalue weighted by atomic mass is 10.1. The molecule has 2 atom stereocenters. The fourth-order valence-electron chi connectivity index (χ4n) is 3.52. The molecule has 2 N–H and O–H groups in total. The Morgan fingerprint density at radius 2 is 2.21 bits per heavy atom. The van der Waals surface area contributed by atoms with Crippen molar-refractivity contribution in [1.82, 2.24) is 0 Å². The topological polar surface area (TPSA) is 85.9 Å². The number of carbonyl (C=O) groups excluding carboxylic acids is 1. The largest absolute Gasteiger partial charge is 0.372 e. The quantitative estimate of drug-likeness (QED) is 0.523. The van der Waals surface area contributed by atoms with Crippen molar-refractivity contribution in [1.29, 1.82) is 0 Å². The van der Waals surface area contributed by atoms with Gasteiger partial charge in [-0.1, -0.05) is 12.1 Å². The summed E-state index contributed by atoms with van der Waals surface area (Å²) in [5, 5.41) is 16.2. The number of thiophene rings is 1. The van der Waals surface area contributed by atoms with Crippen molar-refractivity contribution in [3.8, 4) is 0 Å². The maximum atomic E-state index is 12.8. The molecule has 8 heteroatoms. The molecular weight excluding hydrogens is 378 g/mol. The average Bonchev–Trinajstić information content (AvgIpc) is 3.33. The molecule has 3 rings (SSSR count). The number of amides is 1. The van der Waals surface area contributed by atoms with Crippen LogP contribution in [0.2, 0.25) is 0 Å². The Morgan fingerprint density at radius 1 is 1.39 bits per heavy atom. The van der Waals surface area contributed by atoms with Crippen LogP contribution in [0.25, 0.3) is 0 Å². The summed E-state index contributed by atoms with van der Waals surface area (Å²) in [5.74, 6) is -0.221. The van der Waals surface area contributed by atoms with E-state index >= 15 is 0 Å². The van der Waals surface area contributed by atoms with Crippen molar-refractivity contribution >= 4 is 28.6 Å². The van der Waals surface area contributed by atoms with E-state index < -0.39 is 4.92 Å². The highest BCUT2D eigenvalue weighted by atomic mass is 32.1. The lowest BCUT2D eigenvalue weighted by Gasteiger charge is -2.22. The predicted molar refractivity (Wildman–Crippen MR) is 109 cm³/mol. The number of ether oxygens (including phenoxy) is 1. The first kappa shape index (κ1) is 20.4. The second kappa shape index (κ2) is 9.27. The molecule has 28 heavy (non-hydrogen) atoms. The Morgan fingerprint density at radius 3 is 2.86 bits per heavy atom. The van der Waals surface area contributed by atoms with Crippen LogP contribution in [0.15, 0.2) is 29.6 Å². The molecule has 1 aliphatic heterocycles. The third-order valence-corrected chi connectivity index (χ3v) is 6.01. The number of nitro groups is 1. The van der Waals surface area contributed by atoms with Crippen LogP contribution in [0.5, 0.6) is 0 Å². The van der Waals surface area contributed by atoms with E-state index in [0.29, 0.717) is 5.69 Å². The first-order valence-electron chi connectivity index (χ1n) is 9.46. The van der Waals surface area contributed by atoms with E-state index in [9.17, 15) is 14.9 Å². The third-order valence-electron chi connectivity index (χ3n) is 5.13. The molecule has 7 nitrogen and oxygen atoms in total. The minimum absolute atomic E-state index is 0.0737. The Bertz CT molecular complexity index is 832. The summed E-state index contributed by atoms with van der Waals surface area (Å²) in [7, 11) is 0. The summed E-state index contributed by atoms with van der Waals surface area (Å²) in [6.45, 7) is 6.17. The fourth-order valence-corrected chi connectivity index (χ4v) is 4.29. The molecule has 0 saturated carbocycles. The van der Waals surface area contributed by atoms with E-state index in [-0.39, 0.29) is 24.2 Å². The van der Waals surface area contributed by atoms with E-state index in [1.165, 1.54) is 10.9 Å². The summed E-state index contributed by atoms with van der Waals surface area (Å²) in [4.78, 5) is 26.0. The average molecular weight is 405 g/mol. The number of quaternary nitrogens is 1. The molecule has 1 aromatic carbocycles. The van der Waals surface area contributed by atoms with Gasteiger partial charge in [0, 0.05) is 12.7 Å². The molecule has 1 aromatic heterocycles.